The Morgan fingerprint density at radius 3 is 2.79 bits per heavy atom. The Kier molecular flexibility index (Phi) is 3.46. The van der Waals surface area contributed by atoms with E-state index in [0.717, 1.165) is 5.56 Å². The average Bonchev–Trinajstić information content (AvgIpc) is 2.73. The molecule has 1 aromatic carbocycles. The van der Waals surface area contributed by atoms with Crippen molar-refractivity contribution in [3.05, 3.63) is 29.8 Å². The molecule has 19 heavy (non-hydrogen) atoms. The Balaban J connectivity index is 2.01. The number of carbonyl (C=O) groups is 2. The fourth-order valence-electron chi connectivity index (χ4n) is 2.34. The van der Waals surface area contributed by atoms with E-state index in [-0.39, 0.29) is 18.9 Å². The molecule has 5 heteroatoms. The number of carboxylic acid groups (broad SMARTS) is 1. The first-order chi connectivity index (χ1) is 8.90. The van der Waals surface area contributed by atoms with Crippen LogP contribution in [0.5, 0.6) is 0 Å². The summed E-state index contributed by atoms with van der Waals surface area (Å²) in [6, 6.07) is 7.19. The van der Waals surface area contributed by atoms with Crippen molar-refractivity contribution < 1.29 is 14.7 Å². The summed E-state index contributed by atoms with van der Waals surface area (Å²) < 4.78 is 0. The minimum atomic E-state index is -0.841. The molecule has 1 unspecified atom stereocenters. The van der Waals surface area contributed by atoms with Gasteiger partial charge >= 0.3 is 5.97 Å². The van der Waals surface area contributed by atoms with Crippen molar-refractivity contribution in [3.8, 4) is 0 Å². The number of nitrogen functional groups attached to an aromatic ring is 1. The number of amides is 1. The van der Waals surface area contributed by atoms with Crippen LogP contribution in [0, 0.1) is 5.41 Å². The Labute approximate surface area is 112 Å². The summed E-state index contributed by atoms with van der Waals surface area (Å²) in [5, 5.41) is 9.14. The molecular weight excluding hydrogens is 244 g/mol. The lowest BCUT2D eigenvalue weighted by molar-refractivity contribution is -0.147. The van der Waals surface area contributed by atoms with Crippen LogP contribution < -0.4 is 5.73 Å². The molecule has 0 aliphatic carbocycles. The van der Waals surface area contributed by atoms with Crippen LogP contribution >= 0.6 is 0 Å². The highest BCUT2D eigenvalue weighted by atomic mass is 16.4. The topological polar surface area (TPSA) is 83.6 Å². The average molecular weight is 262 g/mol. The molecule has 5 nitrogen and oxygen atoms in total. The van der Waals surface area contributed by atoms with Crippen LogP contribution in [0.25, 0.3) is 0 Å². The van der Waals surface area contributed by atoms with E-state index in [9.17, 15) is 9.59 Å². The number of hydrogen-bond donors (Lipinski definition) is 2. The monoisotopic (exact) mass is 262 g/mol. The molecule has 0 spiro atoms. The van der Waals surface area contributed by atoms with Gasteiger partial charge < -0.3 is 15.7 Å². The number of hydrogen-bond acceptors (Lipinski definition) is 3. The maximum Gasteiger partial charge on any atom is 0.311 e. The second-order valence-electron chi connectivity index (χ2n) is 5.35. The van der Waals surface area contributed by atoms with Gasteiger partial charge in [0.2, 0.25) is 5.91 Å². The smallest absolute Gasteiger partial charge is 0.311 e. The summed E-state index contributed by atoms with van der Waals surface area (Å²) in [5.41, 5.74) is 6.34. The molecule has 1 aromatic rings. The fourth-order valence-corrected chi connectivity index (χ4v) is 2.34. The van der Waals surface area contributed by atoms with E-state index in [4.69, 9.17) is 10.8 Å². The number of aliphatic carboxylic acids is 1. The standard InChI is InChI=1S/C14H18N2O3/c1-14(13(18)19)5-6-16(9-14)12(17)8-10-3-2-4-11(15)7-10/h2-4,7H,5-6,8-9,15H2,1H3,(H,18,19). The van der Waals surface area contributed by atoms with Gasteiger partial charge in [-0.2, -0.15) is 0 Å². The minimum absolute atomic E-state index is 0.0458. The first-order valence-corrected chi connectivity index (χ1v) is 6.26. The van der Waals surface area contributed by atoms with Gasteiger partial charge in [0.05, 0.1) is 11.8 Å². The van der Waals surface area contributed by atoms with Gasteiger partial charge in [0, 0.05) is 18.8 Å². The van der Waals surface area contributed by atoms with Crippen molar-refractivity contribution in [3.63, 3.8) is 0 Å². The van der Waals surface area contributed by atoms with Crippen LogP contribution in [0.3, 0.4) is 0 Å². The summed E-state index contributed by atoms with van der Waals surface area (Å²) >= 11 is 0. The number of nitrogens with zero attached hydrogens (tertiary/aromatic N) is 1. The highest BCUT2D eigenvalue weighted by Crippen LogP contribution is 2.30. The molecule has 2 rings (SSSR count). The zero-order valence-corrected chi connectivity index (χ0v) is 10.9. The zero-order valence-electron chi connectivity index (χ0n) is 10.9. The number of benzene rings is 1. The largest absolute Gasteiger partial charge is 0.481 e. The summed E-state index contributed by atoms with van der Waals surface area (Å²) in [6.07, 6.45) is 0.770. The molecular formula is C14H18N2O3. The number of carbonyl (C=O) groups excluding carboxylic acids is 1. The molecule has 1 atom stereocenters. The van der Waals surface area contributed by atoms with E-state index in [0.29, 0.717) is 18.7 Å². The van der Waals surface area contributed by atoms with Gasteiger partial charge in [-0.25, -0.2) is 0 Å². The van der Waals surface area contributed by atoms with Gasteiger partial charge in [0.25, 0.3) is 0 Å². The molecule has 1 aliphatic rings. The molecule has 1 amide bonds. The zero-order chi connectivity index (χ0) is 14.0. The van der Waals surface area contributed by atoms with Crippen LogP contribution in [-0.2, 0) is 16.0 Å². The van der Waals surface area contributed by atoms with Crippen molar-refractivity contribution in [2.24, 2.45) is 5.41 Å². The third-order valence-electron chi connectivity index (χ3n) is 3.65. The Bertz CT molecular complexity index is 515. The predicted octanol–water partition coefficient (Wildman–Crippen LogP) is 1.13. The number of rotatable bonds is 3. The van der Waals surface area contributed by atoms with Crippen LogP contribution in [-0.4, -0.2) is 35.0 Å². The predicted molar refractivity (Wildman–Crippen MR) is 71.5 cm³/mol. The molecule has 0 bridgehead atoms. The molecule has 0 radical (unpaired) electrons. The molecule has 0 saturated carbocycles. The van der Waals surface area contributed by atoms with E-state index >= 15 is 0 Å². The van der Waals surface area contributed by atoms with Crippen LogP contribution in [0.4, 0.5) is 5.69 Å². The van der Waals surface area contributed by atoms with Gasteiger partial charge in [0.15, 0.2) is 0 Å². The van der Waals surface area contributed by atoms with Crippen molar-refractivity contribution in [2.75, 3.05) is 18.8 Å². The highest BCUT2D eigenvalue weighted by Gasteiger charge is 2.41. The van der Waals surface area contributed by atoms with Crippen LogP contribution in [0.2, 0.25) is 0 Å². The quantitative estimate of drug-likeness (QED) is 0.800. The number of carboxylic acids is 1. The summed E-state index contributed by atoms with van der Waals surface area (Å²) in [7, 11) is 0. The van der Waals surface area contributed by atoms with E-state index < -0.39 is 11.4 Å². The van der Waals surface area contributed by atoms with Crippen molar-refractivity contribution in [2.45, 2.75) is 19.8 Å². The number of anilines is 1. The Morgan fingerprint density at radius 1 is 1.47 bits per heavy atom. The Morgan fingerprint density at radius 2 is 2.21 bits per heavy atom. The third-order valence-corrected chi connectivity index (χ3v) is 3.65. The maximum atomic E-state index is 12.1. The first kappa shape index (κ1) is 13.4. The first-order valence-electron chi connectivity index (χ1n) is 6.26. The van der Waals surface area contributed by atoms with E-state index in [1.165, 1.54) is 0 Å². The lowest BCUT2D eigenvalue weighted by atomic mass is 9.90. The molecule has 1 aliphatic heterocycles. The lowest BCUT2D eigenvalue weighted by Gasteiger charge is -2.20. The molecule has 1 fully saturated rings. The van der Waals surface area contributed by atoms with Crippen molar-refractivity contribution >= 4 is 17.6 Å². The fraction of sp³-hybridized carbons (Fsp3) is 0.429. The van der Waals surface area contributed by atoms with E-state index in [1.807, 2.05) is 12.1 Å². The Hall–Kier alpha value is -2.04. The third kappa shape index (κ3) is 2.86. The van der Waals surface area contributed by atoms with Crippen molar-refractivity contribution in [1.82, 2.24) is 4.90 Å². The highest BCUT2D eigenvalue weighted by molar-refractivity contribution is 5.82. The second kappa shape index (κ2) is 4.91. The van der Waals surface area contributed by atoms with Crippen LogP contribution in [0.1, 0.15) is 18.9 Å². The second-order valence-corrected chi connectivity index (χ2v) is 5.35. The van der Waals surface area contributed by atoms with Crippen molar-refractivity contribution in [1.29, 1.82) is 0 Å². The van der Waals surface area contributed by atoms with Gasteiger partial charge in [-0.15, -0.1) is 0 Å². The van der Waals surface area contributed by atoms with Gasteiger partial charge in [-0.05, 0) is 31.0 Å². The van der Waals surface area contributed by atoms with E-state index in [2.05, 4.69) is 0 Å². The van der Waals surface area contributed by atoms with E-state index in [1.54, 1.807) is 24.0 Å². The van der Waals surface area contributed by atoms with Gasteiger partial charge in [-0.1, -0.05) is 12.1 Å². The minimum Gasteiger partial charge on any atom is -0.481 e. The molecule has 0 aromatic heterocycles. The number of likely N-dealkylation sites (tertiary alicyclic amines) is 1. The SMILES string of the molecule is CC1(C(=O)O)CCN(C(=O)Cc2cccc(N)c2)C1. The normalized spacial score (nSPS) is 22.5. The van der Waals surface area contributed by atoms with Gasteiger partial charge in [0.1, 0.15) is 0 Å². The summed E-state index contributed by atoms with van der Waals surface area (Å²) in [6.45, 7) is 2.47. The maximum absolute atomic E-state index is 12.1. The summed E-state index contributed by atoms with van der Waals surface area (Å²) in [5.74, 6) is -0.887. The van der Waals surface area contributed by atoms with Crippen LogP contribution in [0.15, 0.2) is 24.3 Å². The number of nitrogens with two attached hydrogens (primary N) is 1. The lowest BCUT2D eigenvalue weighted by Crippen LogP contribution is -2.35. The summed E-state index contributed by atoms with van der Waals surface area (Å²) in [4.78, 5) is 24.9. The molecule has 3 N–H and O–H groups in total. The molecule has 1 heterocycles. The van der Waals surface area contributed by atoms with Gasteiger partial charge in [-0.3, -0.25) is 9.59 Å². The molecule has 1 saturated heterocycles. The molecule has 102 valence electrons.